The van der Waals surface area contributed by atoms with E-state index in [1.54, 1.807) is 0 Å². The van der Waals surface area contributed by atoms with Crippen molar-refractivity contribution in [3.05, 3.63) is 42.2 Å². The molecule has 3 aromatic rings. The summed E-state index contributed by atoms with van der Waals surface area (Å²) in [6.45, 7) is 7.42. The number of anilines is 2. The summed E-state index contributed by atoms with van der Waals surface area (Å²) in [5.74, 6) is 0.681. The smallest absolute Gasteiger partial charge is 0.141 e. The van der Waals surface area contributed by atoms with E-state index in [4.69, 9.17) is 10.7 Å². The fourth-order valence-electron chi connectivity index (χ4n) is 4.23. The van der Waals surface area contributed by atoms with Crippen LogP contribution in [-0.2, 0) is 0 Å². The Bertz CT molecular complexity index is 998. The van der Waals surface area contributed by atoms with E-state index in [1.807, 2.05) is 18.2 Å². The van der Waals surface area contributed by atoms with Gasteiger partial charge in [0, 0.05) is 37.8 Å². The van der Waals surface area contributed by atoms with Gasteiger partial charge < -0.3 is 20.1 Å². The summed E-state index contributed by atoms with van der Waals surface area (Å²) in [5.41, 5.74) is 11.3. The number of hydrogen-bond acceptors (Lipinski definition) is 4. The Balaban J connectivity index is 1.59. The number of benzene rings is 2. The second-order valence-electron chi connectivity index (χ2n) is 7.86. The molecule has 6 heteroatoms. The monoisotopic (exact) mass is 379 g/mol. The number of rotatable bonds is 4. The Kier molecular flexibility index (Phi) is 4.23. The van der Waals surface area contributed by atoms with E-state index in [2.05, 4.69) is 27.4 Å². The quantitative estimate of drug-likeness (QED) is 0.699. The topological polar surface area (TPSA) is 50.3 Å². The highest BCUT2D eigenvalue weighted by Crippen LogP contribution is 2.43. The standard InChI is InChI=1S/C22H26FN5/c1-2-26-9-11-27(12-10-26)20-14-21-19(13-18(20)24)25-22(28(21)17-7-8-17)15-3-5-16(23)6-4-15/h3-6,13-14,17H,2,7-12,24H2,1H3. The van der Waals surface area contributed by atoms with Crippen molar-refractivity contribution in [1.82, 2.24) is 14.5 Å². The minimum Gasteiger partial charge on any atom is -0.397 e. The van der Waals surface area contributed by atoms with Crippen LogP contribution in [0.4, 0.5) is 15.8 Å². The van der Waals surface area contributed by atoms with Crippen LogP contribution in [0.5, 0.6) is 0 Å². The molecule has 0 amide bonds. The average Bonchev–Trinajstić information content (AvgIpc) is 3.49. The summed E-state index contributed by atoms with van der Waals surface area (Å²) in [6.07, 6.45) is 2.32. The van der Waals surface area contributed by atoms with Crippen molar-refractivity contribution in [1.29, 1.82) is 0 Å². The molecule has 0 atom stereocenters. The van der Waals surface area contributed by atoms with Crippen molar-refractivity contribution in [3.8, 4) is 11.4 Å². The fraction of sp³-hybridized carbons (Fsp3) is 0.409. The number of fused-ring (bicyclic) bond motifs is 1. The van der Waals surface area contributed by atoms with Crippen molar-refractivity contribution in [2.24, 2.45) is 0 Å². The molecule has 1 saturated carbocycles. The number of halogens is 1. The zero-order valence-corrected chi connectivity index (χ0v) is 16.2. The van der Waals surface area contributed by atoms with Crippen molar-refractivity contribution in [2.45, 2.75) is 25.8 Å². The molecule has 28 heavy (non-hydrogen) atoms. The molecule has 2 fully saturated rings. The van der Waals surface area contributed by atoms with Crippen LogP contribution in [0.2, 0.25) is 0 Å². The van der Waals surface area contributed by atoms with Crippen molar-refractivity contribution < 1.29 is 4.39 Å². The molecule has 0 unspecified atom stereocenters. The molecule has 0 spiro atoms. The number of nitrogen functional groups attached to an aromatic ring is 1. The third kappa shape index (κ3) is 3.02. The first kappa shape index (κ1) is 17.5. The zero-order valence-electron chi connectivity index (χ0n) is 16.2. The number of imidazole rings is 1. The Morgan fingerprint density at radius 1 is 1.07 bits per heavy atom. The Labute approximate surface area is 164 Å². The summed E-state index contributed by atoms with van der Waals surface area (Å²) in [5, 5.41) is 0. The van der Waals surface area contributed by atoms with Gasteiger partial charge in [-0.1, -0.05) is 6.92 Å². The van der Waals surface area contributed by atoms with Crippen LogP contribution in [0.25, 0.3) is 22.4 Å². The van der Waals surface area contributed by atoms with Crippen LogP contribution in [0.1, 0.15) is 25.8 Å². The van der Waals surface area contributed by atoms with Gasteiger partial charge >= 0.3 is 0 Å². The summed E-state index contributed by atoms with van der Waals surface area (Å²) in [6, 6.07) is 11.3. The van der Waals surface area contributed by atoms with Gasteiger partial charge in [0.1, 0.15) is 11.6 Å². The van der Waals surface area contributed by atoms with E-state index >= 15 is 0 Å². The molecule has 2 heterocycles. The van der Waals surface area contributed by atoms with Gasteiger partial charge in [-0.05, 0) is 55.8 Å². The number of hydrogen-bond donors (Lipinski definition) is 1. The molecule has 1 saturated heterocycles. The van der Waals surface area contributed by atoms with E-state index in [-0.39, 0.29) is 5.82 Å². The lowest BCUT2D eigenvalue weighted by molar-refractivity contribution is 0.271. The van der Waals surface area contributed by atoms with Gasteiger partial charge in [-0.15, -0.1) is 0 Å². The first-order valence-corrected chi connectivity index (χ1v) is 10.2. The first-order valence-electron chi connectivity index (χ1n) is 10.2. The lowest BCUT2D eigenvalue weighted by Gasteiger charge is -2.36. The van der Waals surface area contributed by atoms with E-state index < -0.39 is 0 Å². The Morgan fingerprint density at radius 2 is 1.79 bits per heavy atom. The number of nitrogens with two attached hydrogens (primary N) is 1. The maximum Gasteiger partial charge on any atom is 0.141 e. The number of nitrogens with zero attached hydrogens (tertiary/aromatic N) is 4. The highest BCUT2D eigenvalue weighted by Gasteiger charge is 2.29. The third-order valence-corrected chi connectivity index (χ3v) is 6.01. The molecule has 1 aliphatic heterocycles. The van der Waals surface area contributed by atoms with Gasteiger partial charge in [-0.2, -0.15) is 0 Å². The first-order chi connectivity index (χ1) is 13.6. The molecule has 0 radical (unpaired) electrons. The molecular weight excluding hydrogens is 353 g/mol. The van der Waals surface area contributed by atoms with Crippen molar-refractivity contribution in [3.63, 3.8) is 0 Å². The Morgan fingerprint density at radius 3 is 2.43 bits per heavy atom. The zero-order chi connectivity index (χ0) is 19.3. The normalized spacial score (nSPS) is 18.1. The highest BCUT2D eigenvalue weighted by molar-refractivity contribution is 5.90. The van der Waals surface area contributed by atoms with Crippen LogP contribution in [0.15, 0.2) is 36.4 Å². The maximum absolute atomic E-state index is 13.4. The van der Waals surface area contributed by atoms with Gasteiger partial charge in [0.15, 0.2) is 0 Å². The van der Waals surface area contributed by atoms with Gasteiger partial charge in [0.2, 0.25) is 0 Å². The lowest BCUT2D eigenvalue weighted by Crippen LogP contribution is -2.46. The minimum absolute atomic E-state index is 0.226. The summed E-state index contributed by atoms with van der Waals surface area (Å²) in [4.78, 5) is 9.74. The molecule has 1 aliphatic carbocycles. The van der Waals surface area contributed by atoms with Crippen LogP contribution in [-0.4, -0.2) is 47.2 Å². The van der Waals surface area contributed by atoms with Crippen LogP contribution >= 0.6 is 0 Å². The molecular formula is C22H26FN5. The molecule has 1 aromatic heterocycles. The number of piperazine rings is 1. The SMILES string of the molecule is CCN1CCN(c2cc3c(cc2N)nc(-c2ccc(F)cc2)n3C2CC2)CC1. The van der Waals surface area contributed by atoms with Gasteiger partial charge in [-0.25, -0.2) is 9.37 Å². The maximum atomic E-state index is 13.4. The molecule has 0 bridgehead atoms. The molecule has 2 aliphatic rings. The lowest BCUT2D eigenvalue weighted by atomic mass is 10.2. The predicted octanol–water partition coefficient (Wildman–Crippen LogP) is 3.90. The highest BCUT2D eigenvalue weighted by atomic mass is 19.1. The fourth-order valence-corrected chi connectivity index (χ4v) is 4.23. The second kappa shape index (κ2) is 6.78. The van der Waals surface area contributed by atoms with Crippen LogP contribution < -0.4 is 10.6 Å². The second-order valence-corrected chi connectivity index (χ2v) is 7.86. The van der Waals surface area contributed by atoms with Crippen molar-refractivity contribution >= 4 is 22.4 Å². The van der Waals surface area contributed by atoms with E-state index in [9.17, 15) is 4.39 Å². The number of aromatic nitrogens is 2. The van der Waals surface area contributed by atoms with Gasteiger partial charge in [-0.3, -0.25) is 0 Å². The van der Waals surface area contributed by atoms with E-state index in [0.717, 1.165) is 79.4 Å². The molecule has 2 N–H and O–H groups in total. The largest absolute Gasteiger partial charge is 0.397 e. The van der Waals surface area contributed by atoms with E-state index in [0.29, 0.717) is 6.04 Å². The van der Waals surface area contributed by atoms with E-state index in [1.165, 1.54) is 12.1 Å². The summed E-state index contributed by atoms with van der Waals surface area (Å²) >= 11 is 0. The molecule has 5 nitrogen and oxygen atoms in total. The average molecular weight is 379 g/mol. The van der Waals surface area contributed by atoms with Gasteiger partial charge in [0.05, 0.1) is 22.4 Å². The summed E-state index contributed by atoms with van der Waals surface area (Å²) in [7, 11) is 0. The third-order valence-electron chi connectivity index (χ3n) is 6.01. The van der Waals surface area contributed by atoms with Crippen LogP contribution in [0, 0.1) is 5.82 Å². The van der Waals surface area contributed by atoms with Gasteiger partial charge in [0.25, 0.3) is 0 Å². The molecule has 2 aromatic carbocycles. The summed E-state index contributed by atoms with van der Waals surface area (Å²) < 4.78 is 15.7. The molecule has 5 rings (SSSR count). The van der Waals surface area contributed by atoms with Crippen LogP contribution in [0.3, 0.4) is 0 Å². The molecule has 146 valence electrons. The van der Waals surface area contributed by atoms with Crippen molar-refractivity contribution in [2.75, 3.05) is 43.4 Å². The Hall–Kier alpha value is -2.60. The minimum atomic E-state index is -0.226. The predicted molar refractivity (Wildman–Crippen MR) is 112 cm³/mol. The number of likely N-dealkylation sites (N-methyl/N-ethyl adjacent to an activating group) is 1.